The van der Waals surface area contributed by atoms with E-state index in [-0.39, 0.29) is 29.2 Å². The topological polar surface area (TPSA) is 97.0 Å². The van der Waals surface area contributed by atoms with Gasteiger partial charge in [0.1, 0.15) is 11.4 Å². The fourth-order valence-electron chi connectivity index (χ4n) is 5.69. The number of halogens is 1. The molecule has 0 bridgehead atoms. The maximum atomic E-state index is 13.3. The van der Waals surface area contributed by atoms with Gasteiger partial charge >= 0.3 is 0 Å². The number of nitrogens with zero attached hydrogens (tertiary/aromatic N) is 3. The molecule has 0 atom stereocenters. The molecule has 3 aliphatic heterocycles. The third-order valence-electron chi connectivity index (χ3n) is 7.92. The number of nitrogens with one attached hydrogen (secondary N) is 3. The lowest BCUT2D eigenvalue weighted by Gasteiger charge is -2.36. The quantitative estimate of drug-likeness (QED) is 0.576. The van der Waals surface area contributed by atoms with Crippen LogP contribution in [0.1, 0.15) is 32.1 Å². The standard InChI is InChI=1S/C25H33ClN6O3/c1-30-11-13-31(14-12-30)23(34)21-20(27-16-28-21)22(33)29-18-5-7-25(8-6-18)9-10-32(24(25)35)19-4-2-3-17(26)15-19/h2-4,15,18,27-28H,5-14,16H2,1H3,(H,29,33). The Morgan fingerprint density at radius 3 is 2.46 bits per heavy atom. The zero-order valence-corrected chi connectivity index (χ0v) is 20.9. The van der Waals surface area contributed by atoms with Crippen molar-refractivity contribution in [1.29, 1.82) is 0 Å². The normalized spacial score (nSPS) is 27.3. The lowest BCUT2D eigenvalue weighted by Crippen LogP contribution is -2.49. The highest BCUT2D eigenvalue weighted by Crippen LogP contribution is 2.46. The van der Waals surface area contributed by atoms with Crippen LogP contribution in [0.4, 0.5) is 5.69 Å². The zero-order chi connectivity index (χ0) is 24.6. The van der Waals surface area contributed by atoms with Crippen LogP contribution in [0.25, 0.3) is 0 Å². The average molecular weight is 501 g/mol. The maximum absolute atomic E-state index is 13.3. The molecule has 35 heavy (non-hydrogen) atoms. The summed E-state index contributed by atoms with van der Waals surface area (Å²) >= 11 is 6.13. The molecule has 1 aromatic rings. The van der Waals surface area contributed by atoms with E-state index in [2.05, 4.69) is 20.9 Å². The predicted molar refractivity (Wildman–Crippen MR) is 133 cm³/mol. The van der Waals surface area contributed by atoms with Gasteiger partial charge in [-0.1, -0.05) is 17.7 Å². The first-order valence-electron chi connectivity index (χ1n) is 12.4. The van der Waals surface area contributed by atoms with Gasteiger partial charge in [0.2, 0.25) is 5.91 Å². The molecule has 0 aromatic heterocycles. The zero-order valence-electron chi connectivity index (χ0n) is 20.1. The largest absolute Gasteiger partial charge is 0.362 e. The summed E-state index contributed by atoms with van der Waals surface area (Å²) in [6, 6.07) is 7.42. The molecule has 4 aliphatic rings. The van der Waals surface area contributed by atoms with Gasteiger partial charge in [0.15, 0.2) is 0 Å². The predicted octanol–water partition coefficient (Wildman–Crippen LogP) is 1.26. The first-order valence-corrected chi connectivity index (χ1v) is 12.8. The van der Waals surface area contributed by atoms with E-state index in [9.17, 15) is 14.4 Å². The van der Waals surface area contributed by atoms with Crippen molar-refractivity contribution in [2.24, 2.45) is 5.41 Å². The second-order valence-electron chi connectivity index (χ2n) is 10.1. The number of rotatable bonds is 4. The molecule has 3 fully saturated rings. The summed E-state index contributed by atoms with van der Waals surface area (Å²) in [5.41, 5.74) is 1.15. The molecule has 0 radical (unpaired) electrons. The summed E-state index contributed by atoms with van der Waals surface area (Å²) in [6.07, 6.45) is 3.78. The first-order chi connectivity index (χ1) is 16.9. The fraction of sp³-hybridized carbons (Fsp3) is 0.560. The smallest absolute Gasteiger partial charge is 0.272 e. The summed E-state index contributed by atoms with van der Waals surface area (Å²) in [7, 11) is 2.04. The van der Waals surface area contributed by atoms with Crippen LogP contribution in [0.3, 0.4) is 0 Å². The monoisotopic (exact) mass is 500 g/mol. The third kappa shape index (κ3) is 4.71. The molecule has 9 nitrogen and oxygen atoms in total. The molecule has 2 saturated heterocycles. The highest BCUT2D eigenvalue weighted by molar-refractivity contribution is 6.31. The van der Waals surface area contributed by atoms with Crippen LogP contribution in [0.2, 0.25) is 5.02 Å². The molecule has 1 spiro atoms. The SMILES string of the molecule is CN1CCN(C(=O)C2=C(C(=O)NC3CCC4(CC3)CCN(c3cccc(Cl)c3)C4=O)NCN2)CC1. The molecule has 1 saturated carbocycles. The van der Waals surface area contributed by atoms with E-state index in [1.807, 2.05) is 36.2 Å². The van der Waals surface area contributed by atoms with E-state index in [0.717, 1.165) is 50.9 Å². The van der Waals surface area contributed by atoms with Crippen molar-refractivity contribution < 1.29 is 14.4 Å². The summed E-state index contributed by atoms with van der Waals surface area (Å²) in [4.78, 5) is 45.3. The van der Waals surface area contributed by atoms with Crippen LogP contribution in [0, 0.1) is 5.41 Å². The van der Waals surface area contributed by atoms with E-state index >= 15 is 0 Å². The van der Waals surface area contributed by atoms with Gasteiger partial charge < -0.3 is 30.7 Å². The Kier molecular flexibility index (Phi) is 6.63. The second kappa shape index (κ2) is 9.70. The fourth-order valence-corrected chi connectivity index (χ4v) is 5.87. The van der Waals surface area contributed by atoms with Crippen LogP contribution < -0.4 is 20.9 Å². The summed E-state index contributed by atoms with van der Waals surface area (Å²) < 4.78 is 0. The number of hydrogen-bond acceptors (Lipinski definition) is 6. The van der Waals surface area contributed by atoms with E-state index in [4.69, 9.17) is 11.6 Å². The Morgan fingerprint density at radius 1 is 1.03 bits per heavy atom. The molecular formula is C25H33ClN6O3. The highest BCUT2D eigenvalue weighted by atomic mass is 35.5. The van der Waals surface area contributed by atoms with Gasteiger partial charge in [-0.15, -0.1) is 0 Å². The number of carbonyl (C=O) groups is 3. The van der Waals surface area contributed by atoms with Crippen molar-refractivity contribution in [3.05, 3.63) is 40.7 Å². The number of benzene rings is 1. The molecule has 0 unspecified atom stereocenters. The number of anilines is 1. The number of amides is 3. The first kappa shape index (κ1) is 23.9. The molecular weight excluding hydrogens is 468 g/mol. The summed E-state index contributed by atoms with van der Waals surface area (Å²) in [5, 5.41) is 9.81. The van der Waals surface area contributed by atoms with Crippen molar-refractivity contribution in [3.8, 4) is 0 Å². The van der Waals surface area contributed by atoms with E-state index in [1.165, 1.54) is 0 Å². The molecule has 1 aliphatic carbocycles. The minimum absolute atomic E-state index is 0.0176. The number of piperazine rings is 1. The van der Waals surface area contributed by atoms with E-state index < -0.39 is 0 Å². The molecule has 1 aromatic carbocycles. The van der Waals surface area contributed by atoms with E-state index in [1.54, 1.807) is 4.90 Å². The minimum atomic E-state index is -0.363. The Labute approximate surface area is 210 Å². The lowest BCUT2D eigenvalue weighted by atomic mass is 9.71. The van der Waals surface area contributed by atoms with Crippen molar-refractivity contribution in [1.82, 2.24) is 25.8 Å². The van der Waals surface area contributed by atoms with Crippen LogP contribution >= 0.6 is 11.6 Å². The molecule has 10 heteroatoms. The van der Waals surface area contributed by atoms with Gasteiger partial charge in [-0.2, -0.15) is 0 Å². The molecule has 188 valence electrons. The van der Waals surface area contributed by atoms with Crippen molar-refractivity contribution in [2.45, 2.75) is 38.1 Å². The molecule has 5 rings (SSSR count). The molecule has 3 heterocycles. The third-order valence-corrected chi connectivity index (χ3v) is 8.16. The van der Waals surface area contributed by atoms with E-state index in [0.29, 0.717) is 42.7 Å². The summed E-state index contributed by atoms with van der Waals surface area (Å²) in [6.45, 7) is 4.01. The number of hydrogen-bond donors (Lipinski definition) is 3. The number of likely N-dealkylation sites (N-methyl/N-ethyl adjacent to an activating group) is 1. The van der Waals surface area contributed by atoms with Crippen molar-refractivity contribution >= 4 is 35.0 Å². The van der Waals surface area contributed by atoms with Crippen LogP contribution in [-0.2, 0) is 14.4 Å². The van der Waals surface area contributed by atoms with Crippen LogP contribution in [-0.4, -0.2) is 80.0 Å². The Balaban J connectivity index is 1.19. The van der Waals surface area contributed by atoms with Crippen LogP contribution in [0.5, 0.6) is 0 Å². The van der Waals surface area contributed by atoms with Gasteiger partial charge in [0, 0.05) is 49.5 Å². The van der Waals surface area contributed by atoms with Gasteiger partial charge in [-0.3, -0.25) is 14.4 Å². The molecule has 3 amide bonds. The highest BCUT2D eigenvalue weighted by Gasteiger charge is 2.49. The Bertz CT molecular complexity index is 1040. The van der Waals surface area contributed by atoms with Crippen molar-refractivity contribution in [3.63, 3.8) is 0 Å². The van der Waals surface area contributed by atoms with Gasteiger partial charge in [-0.05, 0) is 57.4 Å². The lowest BCUT2D eigenvalue weighted by molar-refractivity contribution is -0.130. The number of carbonyl (C=O) groups excluding carboxylic acids is 3. The average Bonchev–Trinajstić information content (AvgIpc) is 3.46. The van der Waals surface area contributed by atoms with Gasteiger partial charge in [-0.25, -0.2) is 0 Å². The van der Waals surface area contributed by atoms with Crippen LogP contribution in [0.15, 0.2) is 35.7 Å². The maximum Gasteiger partial charge on any atom is 0.272 e. The second-order valence-corrected chi connectivity index (χ2v) is 10.5. The summed E-state index contributed by atoms with van der Waals surface area (Å²) in [5.74, 6) is -0.228. The minimum Gasteiger partial charge on any atom is -0.362 e. The van der Waals surface area contributed by atoms with Crippen molar-refractivity contribution in [2.75, 3.05) is 51.3 Å². The molecule has 3 N–H and O–H groups in total. The Morgan fingerprint density at radius 2 is 1.74 bits per heavy atom. The van der Waals surface area contributed by atoms with Gasteiger partial charge in [0.25, 0.3) is 11.8 Å². The van der Waals surface area contributed by atoms with Gasteiger partial charge in [0.05, 0.1) is 12.1 Å². The Hall–Kier alpha value is -2.78.